The molecule has 202 valence electrons. The molecular weight excluding hydrogens is 540 g/mol. The maximum Gasteiger partial charge on any atom is 0.350 e. The van der Waals surface area contributed by atoms with Crippen molar-refractivity contribution in [2.75, 3.05) is 18.1 Å². The van der Waals surface area contributed by atoms with Crippen LogP contribution in [0.2, 0.25) is 5.02 Å². The van der Waals surface area contributed by atoms with E-state index in [1.54, 1.807) is 49.4 Å². The Morgan fingerprint density at radius 2 is 1.92 bits per heavy atom. The Balaban J connectivity index is 1.85. The number of carbonyl (C=O) groups excluding carboxylic acids is 3. The van der Waals surface area contributed by atoms with Crippen LogP contribution in [0, 0.1) is 13.8 Å². The van der Waals surface area contributed by atoms with Crippen LogP contribution in [0.5, 0.6) is 5.75 Å². The van der Waals surface area contributed by atoms with Crippen molar-refractivity contribution in [1.82, 2.24) is 4.98 Å². The van der Waals surface area contributed by atoms with Gasteiger partial charge in [-0.3, -0.25) is 14.5 Å². The molecule has 1 aliphatic rings. The Labute approximate surface area is 235 Å². The number of aryl methyl sites for hydroxylation is 2. The summed E-state index contributed by atoms with van der Waals surface area (Å²) in [6, 6.07) is 10.7. The first-order chi connectivity index (χ1) is 18.7. The number of hydrogen-bond acceptors (Lipinski definition) is 8. The fourth-order valence-corrected chi connectivity index (χ4v) is 5.30. The molecule has 0 bridgehead atoms. The van der Waals surface area contributed by atoms with Crippen LogP contribution in [-0.4, -0.2) is 41.0 Å². The van der Waals surface area contributed by atoms with E-state index in [1.807, 2.05) is 13.8 Å². The molecule has 39 heavy (non-hydrogen) atoms. The van der Waals surface area contributed by atoms with Crippen LogP contribution in [-0.2, 0) is 14.3 Å². The van der Waals surface area contributed by atoms with Crippen molar-refractivity contribution in [2.24, 2.45) is 0 Å². The summed E-state index contributed by atoms with van der Waals surface area (Å²) in [5.41, 5.74) is 1.90. The summed E-state index contributed by atoms with van der Waals surface area (Å²) >= 11 is 7.03. The number of carbonyl (C=O) groups is 3. The van der Waals surface area contributed by atoms with Crippen LogP contribution in [0.3, 0.4) is 0 Å². The minimum Gasteiger partial charge on any atom is -0.507 e. The van der Waals surface area contributed by atoms with Crippen molar-refractivity contribution in [3.05, 3.63) is 93.0 Å². The molecule has 0 aliphatic carbocycles. The number of benzene rings is 2. The van der Waals surface area contributed by atoms with E-state index in [0.29, 0.717) is 34.2 Å². The molecule has 1 atom stereocenters. The molecule has 1 amide bonds. The van der Waals surface area contributed by atoms with Crippen LogP contribution >= 0.6 is 22.9 Å². The van der Waals surface area contributed by atoms with E-state index in [9.17, 15) is 19.5 Å². The van der Waals surface area contributed by atoms with E-state index in [4.69, 9.17) is 21.1 Å². The number of esters is 1. The summed E-state index contributed by atoms with van der Waals surface area (Å²) in [5, 5.41) is 12.0. The minimum absolute atomic E-state index is 0.0164. The number of aromatic nitrogens is 1. The molecule has 2 heterocycles. The Morgan fingerprint density at radius 1 is 1.21 bits per heavy atom. The summed E-state index contributed by atoms with van der Waals surface area (Å²) in [5.74, 6) is -2.04. The third-order valence-corrected chi connectivity index (χ3v) is 7.44. The average molecular weight is 567 g/mol. The number of nitrogens with zero attached hydrogens (tertiary/aromatic N) is 2. The van der Waals surface area contributed by atoms with Crippen LogP contribution in [0.4, 0.5) is 5.13 Å². The number of anilines is 1. The maximum atomic E-state index is 13.4. The maximum absolute atomic E-state index is 13.4. The molecule has 0 radical (unpaired) electrons. The molecule has 0 unspecified atom stereocenters. The topological polar surface area (TPSA) is 106 Å². The monoisotopic (exact) mass is 566 g/mol. The van der Waals surface area contributed by atoms with Gasteiger partial charge in [0.05, 0.1) is 23.9 Å². The van der Waals surface area contributed by atoms with Crippen molar-refractivity contribution in [2.45, 2.75) is 33.2 Å². The third-order valence-electron chi connectivity index (χ3n) is 6.05. The lowest BCUT2D eigenvalue weighted by Gasteiger charge is -2.23. The molecule has 4 rings (SSSR count). The Morgan fingerprint density at radius 3 is 2.56 bits per heavy atom. The third kappa shape index (κ3) is 5.60. The highest BCUT2D eigenvalue weighted by Crippen LogP contribution is 2.44. The molecule has 1 saturated heterocycles. The largest absolute Gasteiger partial charge is 0.507 e. The van der Waals surface area contributed by atoms with Crippen molar-refractivity contribution >= 4 is 51.5 Å². The minimum atomic E-state index is -1.01. The van der Waals surface area contributed by atoms with Gasteiger partial charge < -0.3 is 14.6 Å². The standard InChI is InChI=1S/C29H27ClN2O6S/c1-5-13-37-21-12-9-19(15-16(21)3)24(33)22-23(18-7-10-20(30)11-8-18)32(27(35)25(22)34)29-31-17(4)26(39-29)28(36)38-14-6-2/h6-12,15,23,33H,2,5,13-14H2,1,3-4H3/t23-/m0/s1. The number of ether oxygens (including phenoxy) is 2. The van der Waals surface area contributed by atoms with Crippen LogP contribution < -0.4 is 9.64 Å². The molecule has 0 spiro atoms. The highest BCUT2D eigenvalue weighted by Gasteiger charge is 2.48. The average Bonchev–Trinajstić information content (AvgIpc) is 3.43. The predicted molar refractivity (Wildman–Crippen MR) is 151 cm³/mol. The number of Topliss-reactive ketones (excluding diaryl/α,β-unsaturated/α-hetero) is 1. The van der Waals surface area contributed by atoms with Crippen molar-refractivity contribution in [3.8, 4) is 5.75 Å². The zero-order valence-electron chi connectivity index (χ0n) is 21.7. The fourth-order valence-electron chi connectivity index (χ4n) is 4.19. The van der Waals surface area contributed by atoms with Gasteiger partial charge in [-0.25, -0.2) is 9.78 Å². The van der Waals surface area contributed by atoms with Crippen LogP contribution in [0.15, 0.2) is 60.7 Å². The van der Waals surface area contributed by atoms with Crippen molar-refractivity contribution in [1.29, 1.82) is 0 Å². The van der Waals surface area contributed by atoms with E-state index in [1.165, 1.54) is 11.0 Å². The molecule has 2 aromatic carbocycles. The smallest absolute Gasteiger partial charge is 0.350 e. The second-order valence-corrected chi connectivity index (χ2v) is 10.3. The number of amides is 1. The number of rotatable bonds is 9. The van der Waals surface area contributed by atoms with Gasteiger partial charge in [0.15, 0.2) is 5.13 Å². The first-order valence-corrected chi connectivity index (χ1v) is 13.4. The van der Waals surface area contributed by atoms with Crippen LogP contribution in [0.1, 0.15) is 51.4 Å². The van der Waals surface area contributed by atoms with Crippen molar-refractivity contribution < 1.29 is 29.0 Å². The van der Waals surface area contributed by atoms with Gasteiger partial charge in [0.1, 0.15) is 23.0 Å². The highest BCUT2D eigenvalue weighted by molar-refractivity contribution is 7.17. The zero-order valence-corrected chi connectivity index (χ0v) is 23.3. The van der Waals surface area contributed by atoms with Gasteiger partial charge in [-0.2, -0.15) is 0 Å². The van der Waals surface area contributed by atoms with E-state index < -0.39 is 23.7 Å². The quantitative estimate of drug-likeness (QED) is 0.108. The molecule has 1 aliphatic heterocycles. The van der Waals surface area contributed by atoms with Gasteiger partial charge in [0.25, 0.3) is 5.78 Å². The second-order valence-electron chi connectivity index (χ2n) is 8.85. The first-order valence-electron chi connectivity index (χ1n) is 12.2. The summed E-state index contributed by atoms with van der Waals surface area (Å²) in [7, 11) is 0. The first kappa shape index (κ1) is 28.1. The number of hydrogen-bond donors (Lipinski definition) is 1. The Hall–Kier alpha value is -3.95. The summed E-state index contributed by atoms with van der Waals surface area (Å²) in [6.07, 6.45) is 2.29. The van der Waals surface area contributed by atoms with E-state index in [2.05, 4.69) is 11.6 Å². The van der Waals surface area contributed by atoms with Gasteiger partial charge in [-0.05, 0) is 61.7 Å². The SMILES string of the molecule is C=CCOC(=O)c1sc(N2C(=O)C(=O)C(=C(O)c3ccc(OCCC)c(C)c3)[C@@H]2c2ccc(Cl)cc2)nc1C. The molecule has 1 fully saturated rings. The van der Waals surface area contributed by atoms with Gasteiger partial charge in [-0.15, -0.1) is 0 Å². The molecule has 3 aromatic rings. The zero-order chi connectivity index (χ0) is 28.3. The molecule has 8 nitrogen and oxygen atoms in total. The van der Waals surface area contributed by atoms with Gasteiger partial charge in [0.2, 0.25) is 0 Å². The van der Waals surface area contributed by atoms with E-state index in [0.717, 1.165) is 23.3 Å². The van der Waals surface area contributed by atoms with Crippen LogP contribution in [0.25, 0.3) is 5.76 Å². The highest BCUT2D eigenvalue weighted by atomic mass is 35.5. The Bertz CT molecular complexity index is 1480. The molecule has 0 saturated carbocycles. The second kappa shape index (κ2) is 11.8. The number of ketones is 1. The Kier molecular flexibility index (Phi) is 8.52. The van der Waals surface area contributed by atoms with E-state index in [-0.39, 0.29) is 27.9 Å². The summed E-state index contributed by atoms with van der Waals surface area (Å²) in [4.78, 5) is 45.2. The molecule has 1 aromatic heterocycles. The lowest BCUT2D eigenvalue weighted by atomic mass is 9.95. The van der Waals surface area contributed by atoms with Crippen molar-refractivity contribution in [3.63, 3.8) is 0 Å². The van der Waals surface area contributed by atoms with Gasteiger partial charge >= 0.3 is 11.9 Å². The van der Waals surface area contributed by atoms with E-state index >= 15 is 0 Å². The lowest BCUT2D eigenvalue weighted by Crippen LogP contribution is -2.29. The lowest BCUT2D eigenvalue weighted by molar-refractivity contribution is -0.132. The molecule has 1 N–H and O–H groups in total. The number of aliphatic hydroxyl groups is 1. The normalized spacial score (nSPS) is 16.4. The molecule has 10 heteroatoms. The predicted octanol–water partition coefficient (Wildman–Crippen LogP) is 6.17. The van der Waals surface area contributed by atoms with Gasteiger partial charge in [0, 0.05) is 10.6 Å². The fraction of sp³-hybridized carbons (Fsp3) is 0.241. The summed E-state index contributed by atoms with van der Waals surface area (Å²) in [6.45, 7) is 9.55. The molecular formula is C29H27ClN2O6S. The number of aliphatic hydroxyl groups excluding tert-OH is 1. The number of thiazole rings is 1. The summed E-state index contributed by atoms with van der Waals surface area (Å²) < 4.78 is 10.9. The number of halogens is 1. The van der Waals surface area contributed by atoms with Gasteiger partial charge in [-0.1, -0.05) is 54.6 Å².